The van der Waals surface area contributed by atoms with E-state index in [1.165, 1.54) is 0 Å². The Balaban J connectivity index is 1.82. The smallest absolute Gasteiger partial charge is 0.227 e. The highest BCUT2D eigenvalue weighted by molar-refractivity contribution is 14.1. The summed E-state index contributed by atoms with van der Waals surface area (Å²) in [5.41, 5.74) is 2.27. The Hall–Kier alpha value is -1.21. The number of hydrogen-bond donors (Lipinski definition) is 0. The second kappa shape index (κ2) is 5.65. The van der Waals surface area contributed by atoms with E-state index < -0.39 is 0 Å². The first-order valence-electron chi connectivity index (χ1n) is 6.34. The van der Waals surface area contributed by atoms with Crippen molar-refractivity contribution in [3.8, 4) is 0 Å². The van der Waals surface area contributed by atoms with E-state index in [2.05, 4.69) is 22.6 Å². The summed E-state index contributed by atoms with van der Waals surface area (Å²) in [6, 6.07) is 9.20. The number of thiophene rings is 1. The first-order chi connectivity index (χ1) is 9.65. The van der Waals surface area contributed by atoms with E-state index in [1.807, 2.05) is 23.6 Å². The number of halogens is 1. The highest BCUT2D eigenvalue weighted by Crippen LogP contribution is 2.24. The maximum atomic E-state index is 12.3. The molecule has 1 aromatic carbocycles. The third kappa shape index (κ3) is 2.64. The van der Waals surface area contributed by atoms with Crippen molar-refractivity contribution >= 4 is 51.3 Å². The van der Waals surface area contributed by atoms with E-state index in [9.17, 15) is 9.59 Å². The number of anilines is 1. The van der Waals surface area contributed by atoms with Crippen LogP contribution in [0.2, 0.25) is 0 Å². The molecule has 1 aliphatic heterocycles. The number of carbonyl (C=O) groups excluding carboxylic acids is 2. The lowest BCUT2D eigenvalue weighted by molar-refractivity contribution is -0.117. The molecule has 2 heterocycles. The number of amides is 1. The van der Waals surface area contributed by atoms with Gasteiger partial charge in [0.1, 0.15) is 0 Å². The van der Waals surface area contributed by atoms with Crippen LogP contribution in [-0.4, -0.2) is 18.2 Å². The van der Waals surface area contributed by atoms with Gasteiger partial charge in [-0.25, -0.2) is 0 Å². The molecule has 0 N–H and O–H groups in total. The van der Waals surface area contributed by atoms with Gasteiger partial charge in [0.05, 0.1) is 2.88 Å². The predicted octanol–water partition coefficient (Wildman–Crippen LogP) is 3.71. The zero-order valence-corrected chi connectivity index (χ0v) is 13.6. The molecule has 0 aliphatic carbocycles. The lowest BCUT2D eigenvalue weighted by Gasteiger charge is -2.15. The van der Waals surface area contributed by atoms with Gasteiger partial charge in [0.15, 0.2) is 5.78 Å². The average Bonchev–Trinajstić information content (AvgIpc) is 3.07. The Kier molecular flexibility index (Phi) is 3.89. The molecule has 3 rings (SSSR count). The van der Waals surface area contributed by atoms with Gasteiger partial charge in [-0.2, -0.15) is 0 Å². The van der Waals surface area contributed by atoms with E-state index in [-0.39, 0.29) is 11.7 Å². The minimum Gasteiger partial charge on any atom is -0.312 e. The van der Waals surface area contributed by atoms with Crippen molar-refractivity contribution in [1.82, 2.24) is 0 Å². The standard InChI is InChI=1S/C15H12INO2S/c16-13-8-11(9-20-13)15(19)10-3-5-12(6-4-10)17-7-1-2-14(17)18/h3-6,8-9H,1-2,7H2. The molecule has 0 saturated carbocycles. The number of hydrogen-bond acceptors (Lipinski definition) is 3. The summed E-state index contributed by atoms with van der Waals surface area (Å²) in [7, 11) is 0. The SMILES string of the molecule is O=C(c1ccc(N2CCCC2=O)cc1)c1csc(I)c1. The number of carbonyl (C=O) groups is 2. The van der Waals surface area contributed by atoms with Gasteiger partial charge in [0.25, 0.3) is 0 Å². The number of ketones is 1. The van der Waals surface area contributed by atoms with Crippen molar-refractivity contribution in [1.29, 1.82) is 0 Å². The van der Waals surface area contributed by atoms with Crippen molar-refractivity contribution in [3.63, 3.8) is 0 Å². The summed E-state index contributed by atoms with van der Waals surface area (Å²) in [5.74, 6) is 0.194. The summed E-state index contributed by atoms with van der Waals surface area (Å²) in [5, 5.41) is 1.88. The second-order valence-corrected chi connectivity index (χ2v) is 7.47. The van der Waals surface area contributed by atoms with E-state index in [0.717, 1.165) is 27.1 Å². The Morgan fingerprint density at radius 1 is 1.20 bits per heavy atom. The summed E-state index contributed by atoms with van der Waals surface area (Å²) in [4.78, 5) is 25.7. The maximum absolute atomic E-state index is 12.3. The van der Waals surface area contributed by atoms with Gasteiger partial charge >= 0.3 is 0 Å². The fourth-order valence-electron chi connectivity index (χ4n) is 2.31. The molecule has 1 amide bonds. The molecule has 0 radical (unpaired) electrons. The van der Waals surface area contributed by atoms with E-state index in [4.69, 9.17) is 0 Å². The van der Waals surface area contributed by atoms with Crippen molar-refractivity contribution in [2.24, 2.45) is 0 Å². The second-order valence-electron chi connectivity index (χ2n) is 4.66. The minimum atomic E-state index is 0.0310. The first kappa shape index (κ1) is 13.8. The van der Waals surface area contributed by atoms with Gasteiger partial charge in [0, 0.05) is 35.2 Å². The molecule has 0 atom stereocenters. The van der Waals surface area contributed by atoms with Crippen LogP contribution in [0.25, 0.3) is 0 Å². The van der Waals surface area contributed by atoms with Gasteiger partial charge in [-0.05, 0) is 59.3 Å². The molecule has 1 fully saturated rings. The fourth-order valence-corrected chi connectivity index (χ4v) is 3.64. The fraction of sp³-hybridized carbons (Fsp3) is 0.200. The molecule has 3 nitrogen and oxygen atoms in total. The summed E-state index contributed by atoms with van der Waals surface area (Å²) in [6.07, 6.45) is 1.53. The van der Waals surface area contributed by atoms with Crippen LogP contribution in [0, 0.1) is 2.88 Å². The number of rotatable bonds is 3. The van der Waals surface area contributed by atoms with Gasteiger partial charge in [-0.15, -0.1) is 11.3 Å². The van der Waals surface area contributed by atoms with E-state index in [0.29, 0.717) is 12.0 Å². The van der Waals surface area contributed by atoms with Crippen molar-refractivity contribution in [2.75, 3.05) is 11.4 Å². The Labute approximate surface area is 134 Å². The van der Waals surface area contributed by atoms with Gasteiger partial charge in [0.2, 0.25) is 5.91 Å². The van der Waals surface area contributed by atoms with Crippen LogP contribution in [0.4, 0.5) is 5.69 Å². The highest BCUT2D eigenvalue weighted by Gasteiger charge is 2.21. The molecule has 0 unspecified atom stereocenters. The van der Waals surface area contributed by atoms with Gasteiger partial charge in [-0.1, -0.05) is 0 Å². The summed E-state index contributed by atoms with van der Waals surface area (Å²) >= 11 is 3.77. The van der Waals surface area contributed by atoms with E-state index in [1.54, 1.807) is 28.4 Å². The van der Waals surface area contributed by atoms with Crippen LogP contribution >= 0.6 is 33.9 Å². The highest BCUT2D eigenvalue weighted by atomic mass is 127. The molecule has 2 aromatic rings. The molecular formula is C15H12INO2S. The lowest BCUT2D eigenvalue weighted by atomic mass is 10.1. The molecule has 1 saturated heterocycles. The molecular weight excluding hydrogens is 385 g/mol. The van der Waals surface area contributed by atoms with Crippen LogP contribution < -0.4 is 4.90 Å². The minimum absolute atomic E-state index is 0.0310. The van der Waals surface area contributed by atoms with Crippen LogP contribution in [0.3, 0.4) is 0 Å². The average molecular weight is 397 g/mol. The van der Waals surface area contributed by atoms with Crippen molar-refractivity contribution in [2.45, 2.75) is 12.8 Å². The molecule has 0 bridgehead atoms. The van der Waals surface area contributed by atoms with Crippen LogP contribution in [0.1, 0.15) is 28.8 Å². The normalized spacial score (nSPS) is 14.8. The van der Waals surface area contributed by atoms with Crippen LogP contribution in [0.15, 0.2) is 35.7 Å². The number of nitrogens with zero attached hydrogens (tertiary/aromatic N) is 1. The molecule has 1 aliphatic rings. The quantitative estimate of drug-likeness (QED) is 0.585. The monoisotopic (exact) mass is 397 g/mol. The zero-order valence-electron chi connectivity index (χ0n) is 10.6. The van der Waals surface area contributed by atoms with Crippen LogP contribution in [0.5, 0.6) is 0 Å². The first-order valence-corrected chi connectivity index (χ1v) is 8.30. The van der Waals surface area contributed by atoms with Gasteiger partial charge in [-0.3, -0.25) is 9.59 Å². The summed E-state index contributed by atoms with van der Waals surface area (Å²) < 4.78 is 1.10. The topological polar surface area (TPSA) is 37.4 Å². The molecule has 5 heteroatoms. The zero-order chi connectivity index (χ0) is 14.1. The van der Waals surface area contributed by atoms with Crippen molar-refractivity contribution < 1.29 is 9.59 Å². The lowest BCUT2D eigenvalue weighted by Crippen LogP contribution is -2.23. The largest absolute Gasteiger partial charge is 0.312 e. The predicted molar refractivity (Wildman–Crippen MR) is 88.5 cm³/mol. The molecule has 1 aromatic heterocycles. The van der Waals surface area contributed by atoms with Gasteiger partial charge < -0.3 is 4.90 Å². The van der Waals surface area contributed by atoms with E-state index >= 15 is 0 Å². The Morgan fingerprint density at radius 3 is 2.50 bits per heavy atom. The third-order valence-corrected chi connectivity index (χ3v) is 5.13. The maximum Gasteiger partial charge on any atom is 0.227 e. The van der Waals surface area contributed by atoms with Crippen molar-refractivity contribution in [3.05, 3.63) is 49.7 Å². The molecule has 20 heavy (non-hydrogen) atoms. The third-order valence-electron chi connectivity index (χ3n) is 3.34. The molecule has 102 valence electrons. The summed E-state index contributed by atoms with van der Waals surface area (Å²) in [6.45, 7) is 0.773. The number of benzene rings is 1. The van der Waals surface area contributed by atoms with Crippen LogP contribution in [-0.2, 0) is 4.79 Å². The molecule has 0 spiro atoms. The Morgan fingerprint density at radius 2 is 1.95 bits per heavy atom. The Bertz CT molecular complexity index is 663.